The number of carbonyl (C=O) groups excluding carboxylic acids is 1. The molecule has 1 saturated carbocycles. The van der Waals surface area contributed by atoms with Crippen molar-refractivity contribution in [3.63, 3.8) is 0 Å². The highest BCUT2D eigenvalue weighted by molar-refractivity contribution is 7.90. The maximum Gasteiger partial charge on any atom is 0.317 e. The first-order chi connectivity index (χ1) is 10.7. The number of urea groups is 1. The molecule has 1 aromatic carbocycles. The third kappa shape index (κ3) is 4.92. The Hall–Kier alpha value is -1.63. The molecule has 0 radical (unpaired) electrons. The molecule has 1 aliphatic carbocycles. The van der Waals surface area contributed by atoms with Crippen molar-refractivity contribution in [3.05, 3.63) is 35.6 Å². The van der Waals surface area contributed by atoms with Gasteiger partial charge in [0.25, 0.3) is 0 Å². The first-order valence-corrected chi connectivity index (χ1v) is 9.77. The fourth-order valence-corrected chi connectivity index (χ4v) is 3.94. The molecule has 1 N–H and O–H groups in total. The van der Waals surface area contributed by atoms with Gasteiger partial charge in [0.1, 0.15) is 15.7 Å². The zero-order valence-electron chi connectivity index (χ0n) is 13.6. The Balaban J connectivity index is 1.94. The summed E-state index contributed by atoms with van der Waals surface area (Å²) in [6.45, 7) is 3.97. The van der Waals surface area contributed by atoms with Gasteiger partial charge in [-0.15, -0.1) is 0 Å². The molecule has 23 heavy (non-hydrogen) atoms. The topological polar surface area (TPSA) is 66.5 Å². The SMILES string of the molecule is CCN(C(=O)N[C@@H]1C[C@@H]1c1cccc(F)c1)[C@@H](C)CS(C)(=O)=O. The third-order valence-corrected chi connectivity index (χ3v) is 5.14. The Morgan fingerprint density at radius 3 is 2.74 bits per heavy atom. The molecule has 0 heterocycles. The van der Waals surface area contributed by atoms with Crippen LogP contribution in [-0.4, -0.2) is 50.0 Å². The van der Waals surface area contributed by atoms with Crippen molar-refractivity contribution in [1.82, 2.24) is 10.2 Å². The Morgan fingerprint density at radius 1 is 1.48 bits per heavy atom. The van der Waals surface area contributed by atoms with Gasteiger partial charge in [-0.05, 0) is 38.0 Å². The van der Waals surface area contributed by atoms with Crippen molar-refractivity contribution in [1.29, 1.82) is 0 Å². The summed E-state index contributed by atoms with van der Waals surface area (Å²) in [6, 6.07) is 5.71. The quantitative estimate of drug-likeness (QED) is 0.861. The van der Waals surface area contributed by atoms with E-state index in [4.69, 9.17) is 0 Å². The molecule has 0 spiro atoms. The standard InChI is InChI=1S/C16H23FN2O3S/c1-4-19(11(2)10-23(3,21)22)16(20)18-15-9-14(15)12-6-5-7-13(17)8-12/h5-8,11,14-15H,4,9-10H2,1-3H3,(H,18,20)/t11-,14+,15+/m0/s1. The lowest BCUT2D eigenvalue weighted by molar-refractivity contribution is 0.187. The minimum absolute atomic E-state index is 0.0243. The maximum absolute atomic E-state index is 13.2. The van der Waals surface area contributed by atoms with Crippen LogP contribution in [0.15, 0.2) is 24.3 Å². The normalized spacial score (nSPS) is 21.6. The number of nitrogens with zero attached hydrogens (tertiary/aromatic N) is 1. The van der Waals surface area contributed by atoms with E-state index in [9.17, 15) is 17.6 Å². The number of sulfone groups is 1. The van der Waals surface area contributed by atoms with Crippen LogP contribution >= 0.6 is 0 Å². The second kappa shape index (κ2) is 6.86. The van der Waals surface area contributed by atoms with E-state index in [2.05, 4.69) is 5.32 Å². The molecule has 0 aromatic heterocycles. The van der Waals surface area contributed by atoms with Gasteiger partial charge in [-0.25, -0.2) is 17.6 Å². The van der Waals surface area contributed by atoms with Gasteiger partial charge < -0.3 is 10.2 Å². The first-order valence-electron chi connectivity index (χ1n) is 7.71. The van der Waals surface area contributed by atoms with Gasteiger partial charge in [0.2, 0.25) is 0 Å². The van der Waals surface area contributed by atoms with Crippen molar-refractivity contribution in [3.8, 4) is 0 Å². The van der Waals surface area contributed by atoms with Crippen LogP contribution in [0.4, 0.5) is 9.18 Å². The second-order valence-corrected chi connectivity index (χ2v) is 8.37. The fourth-order valence-electron chi connectivity index (χ4n) is 2.89. The number of hydrogen-bond donors (Lipinski definition) is 1. The zero-order valence-corrected chi connectivity index (χ0v) is 14.4. The van der Waals surface area contributed by atoms with Crippen molar-refractivity contribution in [2.24, 2.45) is 0 Å². The molecule has 1 fully saturated rings. The van der Waals surface area contributed by atoms with Crippen molar-refractivity contribution in [2.75, 3.05) is 18.6 Å². The lowest BCUT2D eigenvalue weighted by Gasteiger charge is -2.27. The largest absolute Gasteiger partial charge is 0.335 e. The van der Waals surface area contributed by atoms with Crippen LogP contribution in [0.25, 0.3) is 0 Å². The highest BCUT2D eigenvalue weighted by Gasteiger charge is 2.40. The molecule has 7 heteroatoms. The lowest BCUT2D eigenvalue weighted by Crippen LogP contribution is -2.48. The zero-order chi connectivity index (χ0) is 17.2. The lowest BCUT2D eigenvalue weighted by atomic mass is 10.1. The summed E-state index contributed by atoms with van der Waals surface area (Å²) < 4.78 is 36.0. The van der Waals surface area contributed by atoms with Gasteiger partial charge in [-0.3, -0.25) is 0 Å². The number of rotatable bonds is 6. The van der Waals surface area contributed by atoms with Gasteiger partial charge >= 0.3 is 6.03 Å². The molecular weight excluding hydrogens is 319 g/mol. The number of hydrogen-bond acceptors (Lipinski definition) is 3. The van der Waals surface area contributed by atoms with E-state index in [-0.39, 0.29) is 35.6 Å². The van der Waals surface area contributed by atoms with E-state index < -0.39 is 9.84 Å². The molecule has 5 nitrogen and oxygen atoms in total. The number of halogens is 1. The van der Waals surface area contributed by atoms with Crippen molar-refractivity contribution >= 4 is 15.9 Å². The van der Waals surface area contributed by atoms with Crippen LogP contribution < -0.4 is 5.32 Å². The Labute approximate surface area is 136 Å². The average Bonchev–Trinajstić information content (AvgIpc) is 3.16. The third-order valence-electron chi connectivity index (χ3n) is 4.05. The number of nitrogens with one attached hydrogen (secondary N) is 1. The minimum Gasteiger partial charge on any atom is -0.335 e. The summed E-state index contributed by atoms with van der Waals surface area (Å²) in [5, 5.41) is 2.91. The molecule has 2 rings (SSSR count). The minimum atomic E-state index is -3.15. The second-order valence-electron chi connectivity index (χ2n) is 6.18. The molecule has 0 saturated heterocycles. The fraction of sp³-hybridized carbons (Fsp3) is 0.562. The van der Waals surface area contributed by atoms with Crippen molar-refractivity contribution < 1.29 is 17.6 Å². The molecule has 0 aliphatic heterocycles. The van der Waals surface area contributed by atoms with Crippen LogP contribution in [0.5, 0.6) is 0 Å². The van der Waals surface area contributed by atoms with Crippen LogP contribution in [0.2, 0.25) is 0 Å². The van der Waals surface area contributed by atoms with Crippen LogP contribution in [0.3, 0.4) is 0 Å². The van der Waals surface area contributed by atoms with Gasteiger partial charge in [-0.1, -0.05) is 12.1 Å². The van der Waals surface area contributed by atoms with Crippen molar-refractivity contribution in [2.45, 2.75) is 38.3 Å². The molecule has 2 amide bonds. The summed E-state index contributed by atoms with van der Waals surface area (Å²) in [7, 11) is -3.15. The van der Waals surface area contributed by atoms with E-state index in [0.29, 0.717) is 6.54 Å². The van der Waals surface area contributed by atoms with E-state index in [1.807, 2.05) is 13.0 Å². The molecule has 3 atom stereocenters. The summed E-state index contributed by atoms with van der Waals surface area (Å²) in [5.74, 6) is -0.221. The number of benzene rings is 1. The molecular formula is C16H23FN2O3S. The van der Waals surface area contributed by atoms with Gasteiger partial charge in [0.15, 0.2) is 0 Å². The van der Waals surface area contributed by atoms with E-state index in [0.717, 1.165) is 18.2 Å². The maximum atomic E-state index is 13.2. The van der Waals surface area contributed by atoms with Gasteiger partial charge in [0, 0.05) is 30.8 Å². The Morgan fingerprint density at radius 2 is 2.17 bits per heavy atom. The summed E-state index contributed by atoms with van der Waals surface area (Å²) >= 11 is 0. The van der Waals surface area contributed by atoms with E-state index in [1.165, 1.54) is 17.0 Å². The predicted molar refractivity (Wildman–Crippen MR) is 87.6 cm³/mol. The first kappa shape index (κ1) is 17.7. The highest BCUT2D eigenvalue weighted by atomic mass is 32.2. The van der Waals surface area contributed by atoms with E-state index >= 15 is 0 Å². The summed E-state index contributed by atoms with van der Waals surface area (Å²) in [5.41, 5.74) is 0.877. The molecule has 0 bridgehead atoms. The summed E-state index contributed by atoms with van der Waals surface area (Å²) in [6.07, 6.45) is 1.93. The van der Waals surface area contributed by atoms with E-state index in [1.54, 1.807) is 13.0 Å². The smallest absolute Gasteiger partial charge is 0.317 e. The predicted octanol–water partition coefficient (Wildman–Crippen LogP) is 2.15. The molecule has 0 unspecified atom stereocenters. The number of amides is 2. The van der Waals surface area contributed by atoms with Crippen LogP contribution in [0, 0.1) is 5.82 Å². The monoisotopic (exact) mass is 342 g/mol. The van der Waals surface area contributed by atoms with Gasteiger partial charge in [-0.2, -0.15) is 0 Å². The molecule has 1 aromatic rings. The van der Waals surface area contributed by atoms with Crippen LogP contribution in [0.1, 0.15) is 31.7 Å². The molecule has 1 aliphatic rings. The Kier molecular flexibility index (Phi) is 5.29. The Bertz CT molecular complexity index is 678. The average molecular weight is 342 g/mol. The summed E-state index contributed by atoms with van der Waals surface area (Å²) in [4.78, 5) is 13.9. The van der Waals surface area contributed by atoms with Crippen LogP contribution in [-0.2, 0) is 9.84 Å². The van der Waals surface area contributed by atoms with Gasteiger partial charge in [0.05, 0.1) is 5.75 Å². The number of carbonyl (C=O) groups is 1. The highest BCUT2D eigenvalue weighted by Crippen LogP contribution is 2.41. The molecule has 128 valence electrons.